The van der Waals surface area contributed by atoms with Crippen LogP contribution in [0, 0.1) is 10.1 Å². The zero-order valence-corrected chi connectivity index (χ0v) is 8.84. The number of nitrogens with zero attached hydrogens (tertiary/aromatic N) is 1. The molecule has 1 aromatic carbocycles. The van der Waals surface area contributed by atoms with Crippen LogP contribution in [-0.2, 0) is 6.54 Å². The minimum absolute atomic E-state index is 0.162. The van der Waals surface area contributed by atoms with E-state index in [1.165, 1.54) is 0 Å². The predicted octanol–water partition coefficient (Wildman–Crippen LogP) is 2.19. The fourth-order valence-electron chi connectivity index (χ4n) is 1.13. The summed E-state index contributed by atoms with van der Waals surface area (Å²) in [5, 5.41) is 10.3. The second-order valence-corrected chi connectivity index (χ2v) is 3.53. The first-order valence-electron chi connectivity index (χ1n) is 4.00. The van der Waals surface area contributed by atoms with Gasteiger partial charge in [-0.2, -0.15) is 0 Å². The van der Waals surface area contributed by atoms with Gasteiger partial charge in [-0.1, -0.05) is 6.07 Å². The van der Waals surface area contributed by atoms with Gasteiger partial charge in [-0.05, 0) is 18.4 Å². The van der Waals surface area contributed by atoms with E-state index in [9.17, 15) is 10.1 Å². The van der Waals surface area contributed by atoms with Gasteiger partial charge in [0.1, 0.15) is 5.75 Å². The molecule has 0 aliphatic heterocycles. The van der Waals surface area contributed by atoms with Gasteiger partial charge in [0.15, 0.2) is 0 Å². The molecule has 0 aliphatic rings. The van der Waals surface area contributed by atoms with Crippen molar-refractivity contribution in [3.63, 3.8) is 0 Å². The van der Waals surface area contributed by atoms with E-state index in [1.807, 2.05) is 12.3 Å². The van der Waals surface area contributed by atoms with E-state index in [-0.39, 0.29) is 11.5 Å². The summed E-state index contributed by atoms with van der Waals surface area (Å²) in [7, 11) is 1.56. The average molecular weight is 213 g/mol. The van der Waals surface area contributed by atoms with E-state index in [0.717, 1.165) is 4.90 Å². The predicted molar refractivity (Wildman–Crippen MR) is 55.5 cm³/mol. The third kappa shape index (κ3) is 2.63. The smallest absolute Gasteiger partial charge is 0.229 e. The van der Waals surface area contributed by atoms with Crippen LogP contribution in [0.5, 0.6) is 5.75 Å². The molecule has 0 saturated heterocycles. The first kappa shape index (κ1) is 10.8. The standard InChI is InChI=1S/C9H11NO3S/c1-13-8-5-7(6-10(11)12)3-4-9(8)14-2/h3-5H,6H2,1-2H3. The van der Waals surface area contributed by atoms with Gasteiger partial charge in [0.05, 0.1) is 7.11 Å². The highest BCUT2D eigenvalue weighted by molar-refractivity contribution is 7.98. The molecule has 76 valence electrons. The molecule has 0 saturated carbocycles. The summed E-state index contributed by atoms with van der Waals surface area (Å²) in [6, 6.07) is 5.29. The van der Waals surface area contributed by atoms with Crippen LogP contribution < -0.4 is 4.74 Å². The minimum atomic E-state index is -0.354. The molecule has 0 spiro atoms. The number of hydrogen-bond donors (Lipinski definition) is 0. The van der Waals surface area contributed by atoms with Gasteiger partial charge in [-0.3, -0.25) is 10.1 Å². The second kappa shape index (κ2) is 4.85. The summed E-state index contributed by atoms with van der Waals surface area (Å²) in [6.07, 6.45) is 1.94. The van der Waals surface area contributed by atoms with Crippen LogP contribution in [-0.4, -0.2) is 18.3 Å². The molecule has 0 heterocycles. The highest BCUT2D eigenvalue weighted by Gasteiger charge is 2.06. The SMILES string of the molecule is COc1cc(C[N+](=O)[O-])ccc1SC. The van der Waals surface area contributed by atoms with Gasteiger partial charge >= 0.3 is 0 Å². The number of methoxy groups -OCH3 is 1. The molecule has 1 rings (SSSR count). The Bertz CT molecular complexity index is 341. The van der Waals surface area contributed by atoms with Crippen molar-refractivity contribution in [3.05, 3.63) is 33.9 Å². The van der Waals surface area contributed by atoms with Crippen molar-refractivity contribution in [2.45, 2.75) is 11.4 Å². The van der Waals surface area contributed by atoms with Crippen molar-refractivity contribution in [2.75, 3.05) is 13.4 Å². The highest BCUT2D eigenvalue weighted by Crippen LogP contribution is 2.28. The van der Waals surface area contributed by atoms with Crippen LogP contribution in [0.1, 0.15) is 5.56 Å². The maximum absolute atomic E-state index is 10.3. The lowest BCUT2D eigenvalue weighted by molar-refractivity contribution is -0.496. The number of rotatable bonds is 4. The maximum Gasteiger partial charge on any atom is 0.229 e. The number of hydrogen-bond acceptors (Lipinski definition) is 4. The Balaban J connectivity index is 2.95. The number of ether oxygens (including phenoxy) is 1. The lowest BCUT2D eigenvalue weighted by atomic mass is 10.2. The molecule has 0 bridgehead atoms. The molecule has 14 heavy (non-hydrogen) atoms. The largest absolute Gasteiger partial charge is 0.496 e. The third-order valence-electron chi connectivity index (χ3n) is 1.76. The monoisotopic (exact) mass is 213 g/mol. The quantitative estimate of drug-likeness (QED) is 0.437. The Kier molecular flexibility index (Phi) is 3.76. The molecule has 0 aliphatic carbocycles. The molecule has 4 nitrogen and oxygen atoms in total. The van der Waals surface area contributed by atoms with E-state index in [1.54, 1.807) is 31.0 Å². The first-order valence-corrected chi connectivity index (χ1v) is 5.22. The van der Waals surface area contributed by atoms with E-state index >= 15 is 0 Å². The van der Waals surface area contributed by atoms with Gasteiger partial charge < -0.3 is 4.74 Å². The zero-order valence-electron chi connectivity index (χ0n) is 8.02. The Labute approximate surface area is 86.4 Å². The summed E-state index contributed by atoms with van der Waals surface area (Å²) in [5.74, 6) is 0.692. The molecule has 5 heteroatoms. The van der Waals surface area contributed by atoms with Crippen LogP contribution in [0.3, 0.4) is 0 Å². The topological polar surface area (TPSA) is 52.4 Å². The maximum atomic E-state index is 10.3. The second-order valence-electron chi connectivity index (χ2n) is 2.68. The van der Waals surface area contributed by atoms with E-state index in [2.05, 4.69) is 0 Å². The van der Waals surface area contributed by atoms with Crippen molar-refractivity contribution in [1.82, 2.24) is 0 Å². The van der Waals surface area contributed by atoms with Gasteiger partial charge in [-0.25, -0.2) is 0 Å². The van der Waals surface area contributed by atoms with Crippen LogP contribution in [0.2, 0.25) is 0 Å². The first-order chi connectivity index (χ1) is 6.67. The van der Waals surface area contributed by atoms with Crippen LogP contribution in [0.4, 0.5) is 0 Å². The normalized spacial score (nSPS) is 9.86. The van der Waals surface area contributed by atoms with Crippen LogP contribution >= 0.6 is 11.8 Å². The minimum Gasteiger partial charge on any atom is -0.496 e. The summed E-state index contributed by atoms with van der Waals surface area (Å²) in [4.78, 5) is 10.9. The fourth-order valence-corrected chi connectivity index (χ4v) is 1.68. The lowest BCUT2D eigenvalue weighted by Crippen LogP contribution is -1.98. The average Bonchev–Trinajstić information content (AvgIpc) is 2.16. The van der Waals surface area contributed by atoms with Crippen LogP contribution in [0.25, 0.3) is 0 Å². The molecule has 0 radical (unpaired) electrons. The van der Waals surface area contributed by atoms with E-state index in [0.29, 0.717) is 11.3 Å². The van der Waals surface area contributed by atoms with Crippen molar-refractivity contribution in [2.24, 2.45) is 0 Å². The fraction of sp³-hybridized carbons (Fsp3) is 0.333. The molecule has 0 amide bonds. The number of thioether (sulfide) groups is 1. The Hall–Kier alpha value is -1.23. The lowest BCUT2D eigenvalue weighted by Gasteiger charge is -2.06. The van der Waals surface area contributed by atoms with Gasteiger partial charge in [0.2, 0.25) is 6.54 Å². The molecule has 0 fully saturated rings. The Morgan fingerprint density at radius 2 is 2.29 bits per heavy atom. The van der Waals surface area contributed by atoms with E-state index in [4.69, 9.17) is 4.74 Å². The van der Waals surface area contributed by atoms with E-state index < -0.39 is 0 Å². The van der Waals surface area contributed by atoms with Crippen molar-refractivity contribution in [3.8, 4) is 5.75 Å². The molecule has 0 aromatic heterocycles. The molecule has 0 unspecified atom stereocenters. The Morgan fingerprint density at radius 1 is 1.57 bits per heavy atom. The summed E-state index contributed by atoms with van der Waals surface area (Å²) in [5.41, 5.74) is 0.657. The van der Waals surface area contributed by atoms with Crippen LogP contribution in [0.15, 0.2) is 23.1 Å². The third-order valence-corrected chi connectivity index (χ3v) is 2.54. The van der Waals surface area contributed by atoms with Gasteiger partial charge in [-0.15, -0.1) is 11.8 Å². The number of benzene rings is 1. The molecule has 0 N–H and O–H groups in total. The van der Waals surface area contributed by atoms with Gasteiger partial charge in [0.25, 0.3) is 0 Å². The Morgan fingerprint density at radius 3 is 2.79 bits per heavy atom. The van der Waals surface area contributed by atoms with Crippen molar-refractivity contribution in [1.29, 1.82) is 0 Å². The summed E-state index contributed by atoms with van der Waals surface area (Å²) >= 11 is 1.55. The molecular weight excluding hydrogens is 202 g/mol. The molecular formula is C9H11NO3S. The molecule has 1 aromatic rings. The summed E-state index contributed by atoms with van der Waals surface area (Å²) < 4.78 is 5.12. The molecule has 0 atom stereocenters. The number of nitro groups is 1. The zero-order chi connectivity index (χ0) is 10.6. The van der Waals surface area contributed by atoms with Crippen molar-refractivity contribution >= 4 is 11.8 Å². The summed E-state index contributed by atoms with van der Waals surface area (Å²) in [6.45, 7) is -0.162. The van der Waals surface area contributed by atoms with Crippen molar-refractivity contribution < 1.29 is 9.66 Å². The highest BCUT2D eigenvalue weighted by atomic mass is 32.2. The van der Waals surface area contributed by atoms with Gasteiger partial charge in [0, 0.05) is 15.4 Å².